The van der Waals surface area contributed by atoms with Crippen LogP contribution in [-0.4, -0.2) is 15.1 Å². The van der Waals surface area contributed by atoms with E-state index in [4.69, 9.17) is 33.5 Å². The van der Waals surface area contributed by atoms with E-state index in [2.05, 4.69) is 15.1 Å². The van der Waals surface area contributed by atoms with Crippen LogP contribution in [0.4, 0.5) is 5.69 Å². The van der Waals surface area contributed by atoms with Crippen LogP contribution in [-0.2, 0) is 0 Å². The molecule has 0 aliphatic carbocycles. The van der Waals surface area contributed by atoms with Crippen molar-refractivity contribution in [1.82, 2.24) is 15.1 Å². The van der Waals surface area contributed by atoms with E-state index in [1.165, 1.54) is 6.20 Å². The van der Waals surface area contributed by atoms with Crippen molar-refractivity contribution in [1.29, 1.82) is 0 Å². The minimum atomic E-state index is 0.295. The zero-order chi connectivity index (χ0) is 14.1. The molecule has 0 bridgehead atoms. The van der Waals surface area contributed by atoms with Gasteiger partial charge in [0.1, 0.15) is 5.69 Å². The Labute approximate surface area is 124 Å². The molecule has 0 unspecified atom stereocenters. The maximum Gasteiger partial charge on any atom is 0.258 e. The number of hydrogen-bond acceptors (Lipinski definition) is 5. The Morgan fingerprint density at radius 3 is 2.75 bits per heavy atom. The maximum absolute atomic E-state index is 6.06. The monoisotopic (exact) mass is 306 g/mol. The molecule has 20 heavy (non-hydrogen) atoms. The third-order valence-corrected chi connectivity index (χ3v) is 3.07. The van der Waals surface area contributed by atoms with E-state index in [1.807, 2.05) is 12.1 Å². The van der Waals surface area contributed by atoms with Crippen LogP contribution in [0, 0.1) is 0 Å². The van der Waals surface area contributed by atoms with Gasteiger partial charge in [-0.15, -0.1) is 0 Å². The van der Waals surface area contributed by atoms with Gasteiger partial charge >= 0.3 is 0 Å². The van der Waals surface area contributed by atoms with Gasteiger partial charge in [-0.05, 0) is 24.3 Å². The fourth-order valence-electron chi connectivity index (χ4n) is 1.69. The molecule has 3 rings (SSSR count). The molecule has 0 amide bonds. The molecule has 2 heterocycles. The smallest absolute Gasteiger partial charge is 0.258 e. The van der Waals surface area contributed by atoms with Crippen LogP contribution < -0.4 is 5.73 Å². The predicted octanol–water partition coefficient (Wildman–Crippen LogP) is 3.69. The van der Waals surface area contributed by atoms with Gasteiger partial charge < -0.3 is 10.3 Å². The van der Waals surface area contributed by atoms with Crippen molar-refractivity contribution in [2.45, 2.75) is 0 Å². The largest absolute Gasteiger partial charge is 0.399 e. The number of halogens is 2. The lowest BCUT2D eigenvalue weighted by Gasteiger charge is -1.97. The van der Waals surface area contributed by atoms with Crippen molar-refractivity contribution in [2.75, 3.05) is 5.73 Å². The average molecular weight is 307 g/mol. The second kappa shape index (κ2) is 5.11. The molecule has 0 spiro atoms. The lowest BCUT2D eigenvalue weighted by atomic mass is 10.2. The molecule has 0 aliphatic heterocycles. The standard InChI is InChI=1S/C13H8Cl2N4O/c14-8-5-10(15)11(17-6-8)12-18-13(20-19-12)7-2-1-3-9(16)4-7/h1-6H,16H2. The van der Waals surface area contributed by atoms with Crippen LogP contribution in [0.3, 0.4) is 0 Å². The van der Waals surface area contributed by atoms with Gasteiger partial charge in [0, 0.05) is 17.4 Å². The number of anilines is 1. The number of nitrogen functional groups attached to an aromatic ring is 1. The van der Waals surface area contributed by atoms with E-state index < -0.39 is 0 Å². The van der Waals surface area contributed by atoms with Crippen molar-refractivity contribution in [3.8, 4) is 23.0 Å². The highest BCUT2D eigenvalue weighted by molar-refractivity contribution is 6.35. The maximum atomic E-state index is 6.06. The summed E-state index contributed by atoms with van der Waals surface area (Å²) < 4.78 is 5.20. The molecule has 3 aromatic rings. The first kappa shape index (κ1) is 12.9. The number of nitrogens with two attached hydrogens (primary N) is 1. The molecule has 0 atom stereocenters. The van der Waals surface area contributed by atoms with Crippen molar-refractivity contribution >= 4 is 28.9 Å². The van der Waals surface area contributed by atoms with Crippen molar-refractivity contribution in [3.63, 3.8) is 0 Å². The van der Waals surface area contributed by atoms with Crippen molar-refractivity contribution in [2.24, 2.45) is 0 Å². The Balaban J connectivity index is 2.02. The Kier molecular flexibility index (Phi) is 3.30. The number of benzene rings is 1. The number of pyridine rings is 1. The minimum absolute atomic E-state index is 0.295. The summed E-state index contributed by atoms with van der Waals surface area (Å²) in [6.07, 6.45) is 1.47. The molecule has 2 aromatic heterocycles. The number of rotatable bonds is 2. The highest BCUT2D eigenvalue weighted by atomic mass is 35.5. The van der Waals surface area contributed by atoms with E-state index >= 15 is 0 Å². The zero-order valence-corrected chi connectivity index (χ0v) is 11.6. The van der Waals surface area contributed by atoms with E-state index in [0.29, 0.717) is 33.1 Å². The van der Waals surface area contributed by atoms with Crippen LogP contribution in [0.25, 0.3) is 23.0 Å². The number of hydrogen-bond donors (Lipinski definition) is 1. The summed E-state index contributed by atoms with van der Waals surface area (Å²) in [6.45, 7) is 0. The van der Waals surface area contributed by atoms with Gasteiger partial charge in [0.2, 0.25) is 5.82 Å². The molecule has 2 N–H and O–H groups in total. The third-order valence-electron chi connectivity index (χ3n) is 2.58. The van der Waals surface area contributed by atoms with Crippen molar-refractivity contribution in [3.05, 3.63) is 46.6 Å². The summed E-state index contributed by atoms with van der Waals surface area (Å²) >= 11 is 11.9. The van der Waals surface area contributed by atoms with Crippen LogP contribution >= 0.6 is 23.2 Å². The topological polar surface area (TPSA) is 77.8 Å². The van der Waals surface area contributed by atoms with Crippen molar-refractivity contribution < 1.29 is 4.52 Å². The minimum Gasteiger partial charge on any atom is -0.399 e. The summed E-state index contributed by atoms with van der Waals surface area (Å²) in [5, 5.41) is 4.67. The first-order valence-corrected chi connectivity index (χ1v) is 6.40. The predicted molar refractivity (Wildman–Crippen MR) is 77.4 cm³/mol. The first-order chi connectivity index (χ1) is 9.63. The number of nitrogens with zero attached hydrogens (tertiary/aromatic N) is 3. The molecule has 0 fully saturated rings. The second-order valence-electron chi connectivity index (χ2n) is 4.03. The molecule has 0 aliphatic rings. The van der Waals surface area contributed by atoms with Crippen LogP contribution in [0.5, 0.6) is 0 Å². The third kappa shape index (κ3) is 2.45. The van der Waals surface area contributed by atoms with Gasteiger partial charge in [0.15, 0.2) is 0 Å². The fraction of sp³-hybridized carbons (Fsp3) is 0. The summed E-state index contributed by atoms with van der Waals surface area (Å²) in [5.41, 5.74) is 7.47. The molecule has 0 radical (unpaired) electrons. The first-order valence-electron chi connectivity index (χ1n) is 5.64. The molecule has 7 heteroatoms. The summed E-state index contributed by atoms with van der Waals surface area (Å²) in [5.74, 6) is 0.643. The zero-order valence-electron chi connectivity index (χ0n) is 10.0. The van der Waals surface area contributed by atoms with E-state index in [0.717, 1.165) is 5.56 Å². The van der Waals surface area contributed by atoms with E-state index in [1.54, 1.807) is 18.2 Å². The van der Waals surface area contributed by atoms with Crippen LogP contribution in [0.1, 0.15) is 0 Å². The van der Waals surface area contributed by atoms with E-state index in [-0.39, 0.29) is 0 Å². The Bertz CT molecular complexity index is 773. The van der Waals surface area contributed by atoms with Crippen LogP contribution in [0.2, 0.25) is 10.0 Å². The van der Waals surface area contributed by atoms with Gasteiger partial charge in [-0.3, -0.25) is 0 Å². The van der Waals surface area contributed by atoms with Gasteiger partial charge in [0.05, 0.1) is 10.0 Å². The molecule has 5 nitrogen and oxygen atoms in total. The summed E-state index contributed by atoms with van der Waals surface area (Å²) in [4.78, 5) is 8.36. The highest BCUT2D eigenvalue weighted by Gasteiger charge is 2.14. The molecule has 0 saturated heterocycles. The average Bonchev–Trinajstić information content (AvgIpc) is 2.88. The van der Waals surface area contributed by atoms with Gasteiger partial charge in [-0.2, -0.15) is 4.98 Å². The highest BCUT2D eigenvalue weighted by Crippen LogP contribution is 2.28. The molecule has 0 saturated carbocycles. The second-order valence-corrected chi connectivity index (χ2v) is 4.88. The molecule has 100 valence electrons. The molecular weight excluding hydrogens is 299 g/mol. The number of aromatic nitrogens is 3. The van der Waals surface area contributed by atoms with Gasteiger partial charge in [-0.1, -0.05) is 34.4 Å². The Hall–Kier alpha value is -2.11. The van der Waals surface area contributed by atoms with Crippen LogP contribution in [0.15, 0.2) is 41.1 Å². The lowest BCUT2D eigenvalue weighted by molar-refractivity contribution is 0.432. The summed E-state index contributed by atoms with van der Waals surface area (Å²) in [6, 6.07) is 8.72. The quantitative estimate of drug-likeness (QED) is 0.731. The normalized spacial score (nSPS) is 10.7. The van der Waals surface area contributed by atoms with Gasteiger partial charge in [-0.25, -0.2) is 4.98 Å². The van der Waals surface area contributed by atoms with Gasteiger partial charge in [0.25, 0.3) is 5.89 Å². The molecular formula is C13H8Cl2N4O. The SMILES string of the molecule is Nc1cccc(-c2nc(-c3ncc(Cl)cc3Cl)no2)c1. The Morgan fingerprint density at radius 1 is 1.15 bits per heavy atom. The summed E-state index contributed by atoms with van der Waals surface area (Å²) in [7, 11) is 0. The fourth-order valence-corrected chi connectivity index (χ4v) is 2.15. The lowest BCUT2D eigenvalue weighted by Crippen LogP contribution is -1.88. The Morgan fingerprint density at radius 2 is 2.00 bits per heavy atom. The van der Waals surface area contributed by atoms with E-state index in [9.17, 15) is 0 Å². The molecule has 1 aromatic carbocycles.